The van der Waals surface area contributed by atoms with Gasteiger partial charge in [0.1, 0.15) is 0 Å². The van der Waals surface area contributed by atoms with E-state index in [1.807, 2.05) is 0 Å². The molecule has 0 aromatic heterocycles. The first-order valence-corrected chi connectivity index (χ1v) is 10.0. The Morgan fingerprint density at radius 2 is 1.79 bits per heavy atom. The number of nitrogens with one attached hydrogen (secondary N) is 1. The zero-order valence-electron chi connectivity index (χ0n) is 14.7. The van der Waals surface area contributed by atoms with Gasteiger partial charge in [-0.2, -0.15) is 0 Å². The van der Waals surface area contributed by atoms with E-state index in [-0.39, 0.29) is 26.9 Å². The highest BCUT2D eigenvalue weighted by Crippen LogP contribution is 2.27. The number of non-ortho nitro benzene ring substituents is 1. The molecule has 28 heavy (non-hydrogen) atoms. The number of hydrogen-bond donors (Lipinski definition) is 1. The van der Waals surface area contributed by atoms with E-state index < -0.39 is 32.7 Å². The average Bonchev–Trinajstić information content (AvgIpc) is 2.62. The molecule has 148 valence electrons. The molecule has 0 aliphatic rings. The minimum Gasteiger partial charge on any atom is -0.449 e. The van der Waals surface area contributed by atoms with Crippen LogP contribution in [0.2, 0.25) is 5.02 Å². The molecular formula is C17H15ClN2O7S. The molecule has 0 fully saturated rings. The summed E-state index contributed by atoms with van der Waals surface area (Å²) >= 11 is 5.91. The second-order valence-electron chi connectivity index (χ2n) is 5.75. The van der Waals surface area contributed by atoms with Crippen LogP contribution in [0.4, 0.5) is 11.4 Å². The van der Waals surface area contributed by atoms with Gasteiger partial charge in [-0.25, -0.2) is 13.2 Å². The summed E-state index contributed by atoms with van der Waals surface area (Å²) in [5, 5.41) is 13.3. The van der Waals surface area contributed by atoms with Crippen molar-refractivity contribution in [2.75, 3.05) is 11.6 Å². The summed E-state index contributed by atoms with van der Waals surface area (Å²) in [6.07, 6.45) is -0.205. The molecule has 11 heteroatoms. The van der Waals surface area contributed by atoms with E-state index in [0.29, 0.717) is 0 Å². The van der Waals surface area contributed by atoms with Crippen LogP contribution in [-0.4, -0.2) is 37.6 Å². The van der Waals surface area contributed by atoms with E-state index in [1.165, 1.54) is 43.3 Å². The van der Waals surface area contributed by atoms with Crippen LogP contribution < -0.4 is 5.32 Å². The van der Waals surface area contributed by atoms with Crippen LogP contribution in [0.25, 0.3) is 0 Å². The van der Waals surface area contributed by atoms with Crippen molar-refractivity contribution < 1.29 is 27.7 Å². The zero-order chi connectivity index (χ0) is 21.1. The predicted molar refractivity (Wildman–Crippen MR) is 101 cm³/mol. The van der Waals surface area contributed by atoms with Crippen LogP contribution in [0.3, 0.4) is 0 Å². The van der Waals surface area contributed by atoms with E-state index in [0.717, 1.165) is 12.3 Å². The molecule has 1 unspecified atom stereocenters. The predicted octanol–water partition coefficient (Wildman–Crippen LogP) is 2.84. The Bertz CT molecular complexity index is 1040. The summed E-state index contributed by atoms with van der Waals surface area (Å²) in [4.78, 5) is 34.5. The minimum absolute atomic E-state index is 0.00118. The molecular weight excluding hydrogens is 412 g/mol. The molecule has 2 aromatic rings. The van der Waals surface area contributed by atoms with E-state index in [2.05, 4.69) is 5.32 Å². The third-order valence-corrected chi connectivity index (χ3v) is 5.05. The molecule has 0 aliphatic heterocycles. The Labute approximate surface area is 165 Å². The third kappa shape index (κ3) is 5.27. The van der Waals surface area contributed by atoms with Crippen molar-refractivity contribution in [1.82, 2.24) is 0 Å². The minimum atomic E-state index is -3.41. The fourth-order valence-corrected chi connectivity index (χ4v) is 2.87. The summed E-state index contributed by atoms with van der Waals surface area (Å²) in [6.45, 7) is 1.31. The van der Waals surface area contributed by atoms with Crippen molar-refractivity contribution in [3.63, 3.8) is 0 Å². The van der Waals surface area contributed by atoms with Gasteiger partial charge in [0, 0.05) is 18.4 Å². The smallest absolute Gasteiger partial charge is 0.338 e. The van der Waals surface area contributed by atoms with Gasteiger partial charge in [0.25, 0.3) is 11.6 Å². The molecule has 0 heterocycles. The Morgan fingerprint density at radius 1 is 1.18 bits per heavy atom. The first-order valence-electron chi connectivity index (χ1n) is 7.75. The first-order chi connectivity index (χ1) is 13.0. The Kier molecular flexibility index (Phi) is 6.37. The molecule has 0 radical (unpaired) electrons. The number of carbonyl (C=O) groups is 2. The molecule has 0 spiro atoms. The molecule has 0 bridgehead atoms. The van der Waals surface area contributed by atoms with Gasteiger partial charge in [0.05, 0.1) is 26.1 Å². The molecule has 0 aliphatic carbocycles. The van der Waals surface area contributed by atoms with Gasteiger partial charge >= 0.3 is 5.97 Å². The number of nitrogens with zero attached hydrogens (tertiary/aromatic N) is 1. The molecule has 2 rings (SSSR count). The lowest BCUT2D eigenvalue weighted by atomic mass is 10.2. The van der Waals surface area contributed by atoms with E-state index in [1.54, 1.807) is 0 Å². The summed E-state index contributed by atoms with van der Waals surface area (Å²) in [7, 11) is -3.41. The highest BCUT2D eigenvalue weighted by Gasteiger charge is 2.21. The lowest BCUT2D eigenvalue weighted by molar-refractivity contribution is -0.384. The van der Waals surface area contributed by atoms with Gasteiger partial charge in [-0.1, -0.05) is 11.6 Å². The maximum atomic E-state index is 12.2. The topological polar surface area (TPSA) is 133 Å². The van der Waals surface area contributed by atoms with Crippen molar-refractivity contribution in [1.29, 1.82) is 0 Å². The summed E-state index contributed by atoms with van der Waals surface area (Å²) in [6, 6.07) is 8.55. The number of halogens is 1. The number of hydrogen-bond acceptors (Lipinski definition) is 7. The van der Waals surface area contributed by atoms with Crippen LogP contribution in [0.15, 0.2) is 47.4 Å². The number of anilines is 1. The van der Waals surface area contributed by atoms with Crippen LogP contribution in [0.5, 0.6) is 0 Å². The van der Waals surface area contributed by atoms with Gasteiger partial charge in [0.15, 0.2) is 15.9 Å². The highest BCUT2D eigenvalue weighted by molar-refractivity contribution is 7.90. The first kappa shape index (κ1) is 21.3. The van der Waals surface area contributed by atoms with Crippen molar-refractivity contribution >= 4 is 44.7 Å². The van der Waals surface area contributed by atoms with Gasteiger partial charge < -0.3 is 10.1 Å². The summed E-state index contributed by atoms with van der Waals surface area (Å²) in [5.74, 6) is -1.59. The number of carbonyl (C=O) groups excluding carboxylic acids is 2. The normalized spacial score (nSPS) is 12.1. The Morgan fingerprint density at radius 3 is 2.32 bits per heavy atom. The quantitative estimate of drug-likeness (QED) is 0.426. The lowest BCUT2D eigenvalue weighted by Gasteiger charge is -2.14. The molecule has 1 atom stereocenters. The van der Waals surface area contributed by atoms with Gasteiger partial charge in [-0.3, -0.25) is 14.9 Å². The van der Waals surface area contributed by atoms with Crippen LogP contribution >= 0.6 is 11.6 Å². The maximum Gasteiger partial charge on any atom is 0.338 e. The molecule has 1 amide bonds. The Balaban J connectivity index is 2.07. The molecule has 0 saturated carbocycles. The van der Waals surface area contributed by atoms with Crippen molar-refractivity contribution in [3.8, 4) is 0 Å². The number of ether oxygens (including phenoxy) is 1. The van der Waals surface area contributed by atoms with E-state index in [4.69, 9.17) is 16.3 Å². The standard InChI is InChI=1S/C17H15ClN2O7S/c1-10(16(21)19-15-9-12(20(23)24)5-8-14(15)18)27-17(22)11-3-6-13(7-4-11)28(2,25)26/h3-10H,1-2H3,(H,19,21). The molecule has 1 N–H and O–H groups in total. The number of benzene rings is 2. The Hall–Kier alpha value is -2.98. The summed E-state index contributed by atoms with van der Waals surface area (Å²) in [5.41, 5.74) is -0.211. The number of nitro groups is 1. The number of amides is 1. The molecule has 9 nitrogen and oxygen atoms in total. The average molecular weight is 427 g/mol. The number of rotatable bonds is 6. The van der Waals surface area contributed by atoms with E-state index in [9.17, 15) is 28.1 Å². The van der Waals surface area contributed by atoms with Crippen molar-refractivity contribution in [2.45, 2.75) is 17.9 Å². The van der Waals surface area contributed by atoms with Crippen molar-refractivity contribution in [2.24, 2.45) is 0 Å². The van der Waals surface area contributed by atoms with Crippen molar-refractivity contribution in [3.05, 3.63) is 63.2 Å². The van der Waals surface area contributed by atoms with Gasteiger partial charge in [-0.05, 0) is 37.3 Å². The fraction of sp³-hybridized carbons (Fsp3) is 0.176. The zero-order valence-corrected chi connectivity index (χ0v) is 16.3. The molecule has 2 aromatic carbocycles. The van der Waals surface area contributed by atoms with Crippen LogP contribution in [-0.2, 0) is 19.4 Å². The maximum absolute atomic E-state index is 12.2. The molecule has 0 saturated heterocycles. The van der Waals surface area contributed by atoms with Crippen LogP contribution in [0, 0.1) is 10.1 Å². The van der Waals surface area contributed by atoms with E-state index >= 15 is 0 Å². The fourth-order valence-electron chi connectivity index (χ4n) is 2.08. The largest absolute Gasteiger partial charge is 0.449 e. The highest BCUT2D eigenvalue weighted by atomic mass is 35.5. The second-order valence-corrected chi connectivity index (χ2v) is 8.18. The SMILES string of the molecule is CC(OC(=O)c1ccc(S(C)(=O)=O)cc1)C(=O)Nc1cc([N+](=O)[O-])ccc1Cl. The lowest BCUT2D eigenvalue weighted by Crippen LogP contribution is -2.30. The number of sulfone groups is 1. The van der Waals surface area contributed by atoms with Gasteiger partial charge in [0.2, 0.25) is 0 Å². The monoisotopic (exact) mass is 426 g/mol. The number of esters is 1. The number of nitro benzene ring substituents is 1. The third-order valence-electron chi connectivity index (χ3n) is 3.59. The second kappa shape index (κ2) is 8.36. The van der Waals surface area contributed by atoms with Crippen LogP contribution in [0.1, 0.15) is 17.3 Å². The summed E-state index contributed by atoms with van der Waals surface area (Å²) < 4.78 is 27.9. The van der Waals surface area contributed by atoms with Gasteiger partial charge in [-0.15, -0.1) is 0 Å².